The maximum Gasteiger partial charge on any atom is 0.261 e. The van der Waals surface area contributed by atoms with Crippen LogP contribution in [0.3, 0.4) is 0 Å². The zero-order valence-electron chi connectivity index (χ0n) is 18.5. The lowest BCUT2D eigenvalue weighted by atomic mass is 9.96. The van der Waals surface area contributed by atoms with Crippen molar-refractivity contribution < 1.29 is 9.59 Å². The summed E-state index contributed by atoms with van der Waals surface area (Å²) in [5.41, 5.74) is 3.23. The fraction of sp³-hybridized carbons (Fsp3) is 0.208. The number of nitrogens with zero attached hydrogens (tertiary/aromatic N) is 3. The van der Waals surface area contributed by atoms with Gasteiger partial charge in [-0.3, -0.25) is 14.6 Å². The van der Waals surface area contributed by atoms with Crippen LogP contribution >= 0.6 is 11.3 Å². The highest BCUT2D eigenvalue weighted by molar-refractivity contribution is 7.17. The van der Waals surface area contributed by atoms with Crippen molar-refractivity contribution in [1.29, 1.82) is 0 Å². The summed E-state index contributed by atoms with van der Waals surface area (Å²) >= 11 is 1.38. The molecule has 0 aliphatic rings. The Balaban J connectivity index is 1.53. The van der Waals surface area contributed by atoms with Crippen LogP contribution in [-0.4, -0.2) is 47.4 Å². The van der Waals surface area contributed by atoms with Gasteiger partial charge in [0.05, 0.1) is 26.5 Å². The molecule has 4 rings (SSSR count). The number of hydrogen-bond donors (Lipinski definition) is 3. The molecular formula is C24H24N6O2S. The largest absolute Gasteiger partial charge is 0.369 e. The number of para-hydroxylation sites is 1. The van der Waals surface area contributed by atoms with Gasteiger partial charge in [-0.05, 0) is 23.8 Å². The number of nitrogens with one attached hydrogen (secondary N) is 3. The third-order valence-electron chi connectivity index (χ3n) is 5.37. The predicted molar refractivity (Wildman–Crippen MR) is 131 cm³/mol. The van der Waals surface area contributed by atoms with Crippen molar-refractivity contribution in [2.45, 2.75) is 12.8 Å². The van der Waals surface area contributed by atoms with E-state index in [0.29, 0.717) is 22.8 Å². The van der Waals surface area contributed by atoms with Crippen molar-refractivity contribution >= 4 is 39.9 Å². The van der Waals surface area contributed by atoms with Crippen molar-refractivity contribution in [2.75, 3.05) is 26.0 Å². The Morgan fingerprint density at radius 3 is 2.61 bits per heavy atom. The Labute approximate surface area is 195 Å². The van der Waals surface area contributed by atoms with E-state index in [9.17, 15) is 9.59 Å². The molecule has 3 N–H and O–H groups in total. The highest BCUT2D eigenvalue weighted by atomic mass is 32.1. The average molecular weight is 461 g/mol. The van der Waals surface area contributed by atoms with Crippen molar-refractivity contribution in [3.05, 3.63) is 71.0 Å². The molecule has 0 spiro atoms. The summed E-state index contributed by atoms with van der Waals surface area (Å²) in [6.45, 7) is 2.72. The van der Waals surface area contributed by atoms with Gasteiger partial charge in [-0.25, -0.2) is 9.97 Å². The first kappa shape index (κ1) is 22.3. The highest BCUT2D eigenvalue weighted by Gasteiger charge is 2.16. The van der Waals surface area contributed by atoms with Crippen molar-refractivity contribution in [3.63, 3.8) is 0 Å². The molecule has 0 saturated carbocycles. The second kappa shape index (κ2) is 9.74. The molecule has 0 unspecified atom stereocenters. The Hall–Kier alpha value is -3.85. The molecule has 2 amide bonds. The Morgan fingerprint density at radius 1 is 1.00 bits per heavy atom. The second-order valence-corrected chi connectivity index (χ2v) is 8.58. The SMILES string of the molecule is CNC(=O)c1ccc(-c2cc(NC[C@@H](C)c3cccc4c(C(=O)NC)ccnc34)ncn2)s1. The smallest absolute Gasteiger partial charge is 0.261 e. The monoisotopic (exact) mass is 460 g/mol. The van der Waals surface area contributed by atoms with E-state index in [1.54, 1.807) is 32.4 Å². The molecule has 3 heterocycles. The number of thiophene rings is 1. The van der Waals surface area contributed by atoms with Crippen LogP contribution in [0, 0.1) is 0 Å². The van der Waals surface area contributed by atoms with Crippen LogP contribution in [0.4, 0.5) is 5.82 Å². The summed E-state index contributed by atoms with van der Waals surface area (Å²) in [6.07, 6.45) is 3.18. The van der Waals surface area contributed by atoms with Gasteiger partial charge in [0.2, 0.25) is 0 Å². The molecule has 0 fully saturated rings. The first-order chi connectivity index (χ1) is 16.0. The fourth-order valence-corrected chi connectivity index (χ4v) is 4.53. The number of rotatable bonds is 7. The molecule has 1 aromatic carbocycles. The van der Waals surface area contributed by atoms with Gasteiger partial charge in [0.15, 0.2) is 0 Å². The minimum absolute atomic E-state index is 0.112. The molecular weight excluding hydrogens is 436 g/mol. The zero-order chi connectivity index (χ0) is 23.4. The van der Waals surface area contributed by atoms with E-state index in [1.807, 2.05) is 30.3 Å². The van der Waals surface area contributed by atoms with Gasteiger partial charge in [0.25, 0.3) is 11.8 Å². The Kier molecular flexibility index (Phi) is 6.60. The van der Waals surface area contributed by atoms with E-state index in [2.05, 4.69) is 37.8 Å². The Bertz CT molecular complexity index is 1320. The van der Waals surface area contributed by atoms with Crippen LogP contribution in [0.5, 0.6) is 0 Å². The number of pyridine rings is 1. The lowest BCUT2D eigenvalue weighted by molar-refractivity contribution is 0.0957. The standard InChI is InChI=1S/C24H24N6O2S/c1-14(15-5-4-6-16-17(23(31)25-2)9-10-27-22(15)16)12-28-21-11-18(29-13-30-21)19-7-8-20(33-19)24(32)26-3/h4-11,13-14H,12H2,1-3H3,(H,25,31)(H,26,32)(H,28,29,30)/t14-/m1/s1. The summed E-state index contributed by atoms with van der Waals surface area (Å²) in [4.78, 5) is 38.8. The van der Waals surface area contributed by atoms with E-state index < -0.39 is 0 Å². The van der Waals surface area contributed by atoms with Crippen molar-refractivity contribution in [3.8, 4) is 10.6 Å². The topological polar surface area (TPSA) is 109 Å². The molecule has 8 nitrogen and oxygen atoms in total. The second-order valence-electron chi connectivity index (χ2n) is 7.49. The number of hydrogen-bond acceptors (Lipinski definition) is 7. The van der Waals surface area contributed by atoms with Crippen LogP contribution in [0.2, 0.25) is 0 Å². The van der Waals surface area contributed by atoms with Crippen LogP contribution < -0.4 is 16.0 Å². The molecule has 0 bridgehead atoms. The minimum atomic E-state index is -0.132. The number of carbonyl (C=O) groups excluding carboxylic acids is 2. The predicted octanol–water partition coefficient (Wildman–Crippen LogP) is 3.69. The van der Waals surface area contributed by atoms with Crippen molar-refractivity contribution in [2.24, 2.45) is 0 Å². The normalized spacial score (nSPS) is 11.7. The number of carbonyl (C=O) groups is 2. The van der Waals surface area contributed by atoms with Gasteiger partial charge in [-0.2, -0.15) is 0 Å². The van der Waals surface area contributed by atoms with E-state index in [1.165, 1.54) is 17.7 Å². The number of aromatic nitrogens is 3. The quantitative estimate of drug-likeness (QED) is 0.388. The van der Waals surface area contributed by atoms with Gasteiger partial charge in [-0.15, -0.1) is 11.3 Å². The molecule has 0 aliphatic heterocycles. The molecule has 1 atom stereocenters. The van der Waals surface area contributed by atoms with Crippen LogP contribution in [-0.2, 0) is 0 Å². The third kappa shape index (κ3) is 4.68. The van der Waals surface area contributed by atoms with Gasteiger partial charge in [-0.1, -0.05) is 25.1 Å². The molecule has 4 aromatic rings. The summed E-state index contributed by atoms with van der Waals surface area (Å²) in [6, 6.07) is 13.2. The molecule has 33 heavy (non-hydrogen) atoms. The highest BCUT2D eigenvalue weighted by Crippen LogP contribution is 2.29. The van der Waals surface area contributed by atoms with Crippen LogP contribution in [0.1, 0.15) is 38.4 Å². The van der Waals surface area contributed by atoms with Gasteiger partial charge in [0.1, 0.15) is 12.1 Å². The van der Waals surface area contributed by atoms with Crippen LogP contribution in [0.15, 0.2) is 55.0 Å². The first-order valence-electron chi connectivity index (χ1n) is 10.5. The van der Waals surface area contributed by atoms with Crippen molar-refractivity contribution in [1.82, 2.24) is 25.6 Å². The van der Waals surface area contributed by atoms with E-state index in [4.69, 9.17) is 0 Å². The number of benzene rings is 1. The van der Waals surface area contributed by atoms with Gasteiger partial charge >= 0.3 is 0 Å². The number of amides is 2. The van der Waals surface area contributed by atoms with E-state index >= 15 is 0 Å². The average Bonchev–Trinajstić information content (AvgIpc) is 3.36. The van der Waals surface area contributed by atoms with Gasteiger partial charge < -0.3 is 16.0 Å². The minimum Gasteiger partial charge on any atom is -0.369 e. The maximum atomic E-state index is 12.2. The lowest BCUT2D eigenvalue weighted by Gasteiger charge is -2.16. The maximum absolute atomic E-state index is 12.2. The fourth-order valence-electron chi connectivity index (χ4n) is 3.61. The molecule has 0 radical (unpaired) electrons. The molecule has 9 heteroatoms. The third-order valence-corrected chi connectivity index (χ3v) is 6.48. The van der Waals surface area contributed by atoms with E-state index in [-0.39, 0.29) is 17.7 Å². The molecule has 0 aliphatic carbocycles. The summed E-state index contributed by atoms with van der Waals surface area (Å²) in [5.74, 6) is 0.560. The Morgan fingerprint density at radius 2 is 1.82 bits per heavy atom. The van der Waals surface area contributed by atoms with Gasteiger partial charge in [0, 0.05) is 44.2 Å². The summed E-state index contributed by atoms with van der Waals surface area (Å²) in [5, 5.41) is 9.52. The lowest BCUT2D eigenvalue weighted by Crippen LogP contribution is -2.18. The van der Waals surface area contributed by atoms with Crippen LogP contribution in [0.25, 0.3) is 21.5 Å². The first-order valence-corrected chi connectivity index (χ1v) is 11.3. The summed E-state index contributed by atoms with van der Waals surface area (Å²) in [7, 11) is 3.23. The zero-order valence-corrected chi connectivity index (χ0v) is 19.4. The molecule has 168 valence electrons. The summed E-state index contributed by atoms with van der Waals surface area (Å²) < 4.78 is 0. The molecule has 0 saturated heterocycles. The number of anilines is 1. The molecule has 3 aromatic heterocycles. The number of fused-ring (bicyclic) bond motifs is 1. The van der Waals surface area contributed by atoms with E-state index in [0.717, 1.165) is 27.0 Å².